The molecule has 0 aromatic carbocycles. The van der Waals surface area contributed by atoms with Crippen LogP contribution in [0.2, 0.25) is 0 Å². The van der Waals surface area contributed by atoms with Crippen molar-refractivity contribution in [3.8, 4) is 0 Å². The minimum absolute atomic E-state index is 0.0363. The number of carbonyl (C=O) groups excluding carboxylic acids is 1. The van der Waals surface area contributed by atoms with E-state index in [0.717, 1.165) is 12.2 Å². The quantitative estimate of drug-likeness (QED) is 0.359. The molecule has 0 amide bonds. The van der Waals surface area contributed by atoms with E-state index in [9.17, 15) is 9.59 Å². The average Bonchev–Trinajstić information content (AvgIpc) is 2.38. The first-order valence-electron chi connectivity index (χ1n) is 6.37. The molecule has 1 N–H and O–H groups in total. The first-order chi connectivity index (χ1) is 9.08. The van der Waals surface area contributed by atoms with E-state index in [1.54, 1.807) is 6.92 Å². The van der Waals surface area contributed by atoms with Crippen LogP contribution >= 0.6 is 11.8 Å². The zero-order chi connectivity index (χ0) is 14.3. The van der Waals surface area contributed by atoms with Crippen LogP contribution in [0.1, 0.15) is 37.4 Å². The van der Waals surface area contributed by atoms with E-state index < -0.39 is 5.97 Å². The van der Waals surface area contributed by atoms with Gasteiger partial charge in [0.2, 0.25) is 0 Å². The molecule has 0 spiro atoms. The van der Waals surface area contributed by atoms with Crippen molar-refractivity contribution in [2.75, 3.05) is 12.9 Å². The molecule has 19 heavy (non-hydrogen) atoms. The average molecular weight is 284 g/mol. The Morgan fingerprint density at radius 3 is 2.74 bits per heavy atom. The number of methoxy groups -OCH3 is 1. The molecular weight excluding hydrogens is 264 g/mol. The predicted molar refractivity (Wildman–Crippen MR) is 75.6 cm³/mol. The lowest BCUT2D eigenvalue weighted by molar-refractivity contribution is -0.139. The van der Waals surface area contributed by atoms with Gasteiger partial charge >= 0.3 is 5.97 Å². The van der Waals surface area contributed by atoms with Crippen molar-refractivity contribution in [1.82, 2.24) is 9.97 Å². The van der Waals surface area contributed by atoms with Gasteiger partial charge in [0.05, 0.1) is 13.5 Å². The predicted octanol–water partition coefficient (Wildman–Crippen LogP) is 2.08. The highest BCUT2D eigenvalue weighted by atomic mass is 32.2. The summed E-state index contributed by atoms with van der Waals surface area (Å²) in [7, 11) is 1.30. The molecule has 0 aliphatic heterocycles. The standard InChI is InChI=1S/C13H20N2O3S/c1-4-5-6-7-19-13-14-9(2)10(12(17)15-13)8-11(16)18-3/h4-8H2,1-3H3,(H,14,15,17). The molecule has 6 heteroatoms. The van der Waals surface area contributed by atoms with Gasteiger partial charge in [0.1, 0.15) is 0 Å². The van der Waals surface area contributed by atoms with Gasteiger partial charge in [-0.3, -0.25) is 9.59 Å². The number of H-pyrrole nitrogens is 1. The maximum Gasteiger partial charge on any atom is 0.310 e. The molecule has 0 aliphatic carbocycles. The Hall–Kier alpha value is -1.30. The summed E-state index contributed by atoms with van der Waals surface area (Å²) in [5.41, 5.74) is 0.716. The number of esters is 1. The summed E-state index contributed by atoms with van der Waals surface area (Å²) in [6.45, 7) is 3.89. The van der Waals surface area contributed by atoms with Crippen LogP contribution in [0.5, 0.6) is 0 Å². The van der Waals surface area contributed by atoms with Crippen LogP contribution in [0.15, 0.2) is 9.95 Å². The highest BCUT2D eigenvalue weighted by molar-refractivity contribution is 7.99. The number of unbranched alkanes of at least 4 members (excludes halogenated alkanes) is 2. The maximum absolute atomic E-state index is 11.9. The summed E-state index contributed by atoms with van der Waals surface area (Å²) in [6.07, 6.45) is 3.41. The lowest BCUT2D eigenvalue weighted by atomic mass is 10.2. The second-order valence-corrected chi connectivity index (χ2v) is 5.33. The highest BCUT2D eigenvalue weighted by Gasteiger charge is 2.12. The zero-order valence-electron chi connectivity index (χ0n) is 11.6. The van der Waals surface area contributed by atoms with Crippen molar-refractivity contribution >= 4 is 17.7 Å². The number of aryl methyl sites for hydroxylation is 1. The molecule has 1 rings (SSSR count). The second-order valence-electron chi connectivity index (χ2n) is 4.24. The summed E-state index contributed by atoms with van der Waals surface area (Å²) in [5, 5.41) is 0.618. The van der Waals surface area contributed by atoms with Crippen LogP contribution < -0.4 is 5.56 Å². The van der Waals surface area contributed by atoms with E-state index in [-0.39, 0.29) is 12.0 Å². The van der Waals surface area contributed by atoms with Crippen LogP contribution in [-0.4, -0.2) is 28.8 Å². The van der Waals surface area contributed by atoms with Gasteiger partial charge in [-0.05, 0) is 13.3 Å². The van der Waals surface area contributed by atoms with Crippen molar-refractivity contribution in [2.24, 2.45) is 0 Å². The third-order valence-corrected chi connectivity index (χ3v) is 3.70. The molecule has 0 saturated heterocycles. The lowest BCUT2D eigenvalue weighted by Gasteiger charge is -2.06. The second kappa shape index (κ2) is 7.99. The van der Waals surface area contributed by atoms with E-state index in [0.29, 0.717) is 16.4 Å². The van der Waals surface area contributed by atoms with Crippen LogP contribution in [0, 0.1) is 6.92 Å². The van der Waals surface area contributed by atoms with Gasteiger partial charge in [0.25, 0.3) is 5.56 Å². The molecule has 0 radical (unpaired) electrons. The Balaban J connectivity index is 2.73. The van der Waals surface area contributed by atoms with Crippen molar-refractivity contribution in [3.05, 3.63) is 21.6 Å². The molecule has 0 unspecified atom stereocenters. The minimum Gasteiger partial charge on any atom is -0.469 e. The van der Waals surface area contributed by atoms with E-state index >= 15 is 0 Å². The Bertz CT molecular complexity index is 485. The smallest absolute Gasteiger partial charge is 0.310 e. The van der Waals surface area contributed by atoms with E-state index in [1.165, 1.54) is 31.7 Å². The summed E-state index contributed by atoms with van der Waals surface area (Å²) in [6, 6.07) is 0. The van der Waals surface area contributed by atoms with Gasteiger partial charge in [-0.2, -0.15) is 0 Å². The molecule has 5 nitrogen and oxygen atoms in total. The monoisotopic (exact) mass is 284 g/mol. The van der Waals surface area contributed by atoms with Crippen LogP contribution in [-0.2, 0) is 16.0 Å². The fourth-order valence-corrected chi connectivity index (χ4v) is 2.51. The van der Waals surface area contributed by atoms with E-state index in [1.807, 2.05) is 0 Å². The topological polar surface area (TPSA) is 72.0 Å². The third-order valence-electron chi connectivity index (χ3n) is 2.74. The van der Waals surface area contributed by atoms with Gasteiger partial charge in [-0.1, -0.05) is 31.5 Å². The van der Waals surface area contributed by atoms with Crippen molar-refractivity contribution < 1.29 is 9.53 Å². The molecular formula is C13H20N2O3S. The molecule has 1 aromatic rings. The molecule has 1 heterocycles. The van der Waals surface area contributed by atoms with Crippen LogP contribution in [0.4, 0.5) is 0 Å². The molecule has 0 fully saturated rings. The highest BCUT2D eigenvalue weighted by Crippen LogP contribution is 2.15. The maximum atomic E-state index is 11.9. The Kier molecular flexibility index (Phi) is 6.62. The molecule has 0 atom stereocenters. The summed E-state index contributed by atoms with van der Waals surface area (Å²) in [5.74, 6) is 0.505. The van der Waals surface area contributed by atoms with Crippen LogP contribution in [0.25, 0.3) is 0 Å². The number of aromatic amines is 1. The number of aromatic nitrogens is 2. The van der Waals surface area contributed by atoms with Crippen molar-refractivity contribution in [2.45, 2.75) is 44.7 Å². The van der Waals surface area contributed by atoms with E-state index in [4.69, 9.17) is 0 Å². The van der Waals surface area contributed by atoms with Gasteiger partial charge in [-0.25, -0.2) is 4.98 Å². The van der Waals surface area contributed by atoms with Gasteiger partial charge < -0.3 is 9.72 Å². The Morgan fingerprint density at radius 2 is 2.16 bits per heavy atom. The molecule has 106 valence electrons. The number of hydrogen-bond acceptors (Lipinski definition) is 5. The molecule has 0 aliphatic rings. The third kappa shape index (κ3) is 5.06. The normalized spacial score (nSPS) is 10.5. The number of hydrogen-bond donors (Lipinski definition) is 1. The van der Waals surface area contributed by atoms with Gasteiger partial charge in [0, 0.05) is 17.0 Å². The van der Waals surface area contributed by atoms with Crippen molar-refractivity contribution in [3.63, 3.8) is 0 Å². The number of thioether (sulfide) groups is 1. The van der Waals surface area contributed by atoms with E-state index in [2.05, 4.69) is 21.6 Å². The first kappa shape index (κ1) is 15.8. The fraction of sp³-hybridized carbons (Fsp3) is 0.615. The molecule has 1 aromatic heterocycles. The van der Waals surface area contributed by atoms with Crippen LogP contribution in [0.3, 0.4) is 0 Å². The fourth-order valence-electron chi connectivity index (χ4n) is 1.60. The summed E-state index contributed by atoms with van der Waals surface area (Å²) >= 11 is 1.54. The SMILES string of the molecule is CCCCCSc1nc(C)c(CC(=O)OC)c(=O)[nH]1. The minimum atomic E-state index is -0.432. The number of nitrogens with one attached hydrogen (secondary N) is 1. The van der Waals surface area contributed by atoms with Gasteiger partial charge in [0.15, 0.2) is 5.16 Å². The Labute approximate surface area is 117 Å². The summed E-state index contributed by atoms with van der Waals surface area (Å²) in [4.78, 5) is 30.1. The lowest BCUT2D eigenvalue weighted by Crippen LogP contribution is -2.21. The summed E-state index contributed by atoms with van der Waals surface area (Å²) < 4.78 is 4.56. The Morgan fingerprint density at radius 1 is 1.42 bits per heavy atom. The van der Waals surface area contributed by atoms with Gasteiger partial charge in [-0.15, -0.1) is 0 Å². The molecule has 0 bridgehead atoms. The first-order valence-corrected chi connectivity index (χ1v) is 7.36. The largest absolute Gasteiger partial charge is 0.469 e. The van der Waals surface area contributed by atoms with Crippen molar-refractivity contribution in [1.29, 1.82) is 0 Å². The number of ether oxygens (including phenoxy) is 1. The number of rotatable bonds is 7. The number of nitrogens with zero attached hydrogens (tertiary/aromatic N) is 1. The number of carbonyl (C=O) groups is 1. The molecule has 0 saturated carbocycles. The zero-order valence-corrected chi connectivity index (χ0v) is 12.4.